The van der Waals surface area contributed by atoms with Gasteiger partial charge in [-0.15, -0.1) is 0 Å². The number of aromatic nitrogens is 3. The van der Waals surface area contributed by atoms with Gasteiger partial charge in [-0.2, -0.15) is 5.10 Å². The van der Waals surface area contributed by atoms with E-state index >= 15 is 0 Å². The normalized spacial score (nSPS) is 16.0. The van der Waals surface area contributed by atoms with Gasteiger partial charge in [-0.25, -0.2) is 24.3 Å². The summed E-state index contributed by atoms with van der Waals surface area (Å²) < 4.78 is 7.95. The minimum absolute atomic E-state index is 0.259. The third-order valence-electron chi connectivity index (χ3n) is 4.75. The maximum absolute atomic E-state index is 13.5. The number of ether oxygens (including phenoxy) is 1. The van der Waals surface area contributed by atoms with Gasteiger partial charge in [0.1, 0.15) is 15.9 Å². The number of hydrogen-bond donors (Lipinski definition) is 0. The minimum Gasteiger partial charge on any atom is -0.442 e. The van der Waals surface area contributed by atoms with Crippen LogP contribution in [0.15, 0.2) is 16.7 Å². The molecule has 2 aromatic heterocycles. The van der Waals surface area contributed by atoms with Gasteiger partial charge >= 0.3 is 6.09 Å². The van der Waals surface area contributed by atoms with Gasteiger partial charge in [-0.1, -0.05) is 20.8 Å². The smallest absolute Gasteiger partial charge is 0.429 e. The van der Waals surface area contributed by atoms with Crippen LogP contribution in [0.4, 0.5) is 4.79 Å². The highest BCUT2D eigenvalue weighted by Crippen LogP contribution is 2.26. The predicted molar refractivity (Wildman–Crippen MR) is 117 cm³/mol. The third kappa shape index (κ3) is 4.94. The van der Waals surface area contributed by atoms with E-state index in [0.717, 1.165) is 25.0 Å². The molecule has 1 saturated heterocycles. The molecular formula is C21H30BrN5O3. The molecule has 30 heavy (non-hydrogen) atoms. The van der Waals surface area contributed by atoms with E-state index in [1.165, 1.54) is 10.0 Å². The molecule has 2 amide bonds. The van der Waals surface area contributed by atoms with E-state index < -0.39 is 11.7 Å². The van der Waals surface area contributed by atoms with E-state index in [1.54, 1.807) is 16.6 Å². The first-order chi connectivity index (χ1) is 13.9. The highest BCUT2D eigenvalue weighted by atomic mass is 79.9. The lowest BCUT2D eigenvalue weighted by molar-refractivity contribution is -0.0354. The Bertz CT molecular complexity index is 958. The van der Waals surface area contributed by atoms with Crippen molar-refractivity contribution in [3.63, 3.8) is 0 Å². The first-order valence-corrected chi connectivity index (χ1v) is 11.1. The number of nitrogens with zero attached hydrogens (tertiary/aromatic N) is 5. The molecule has 0 saturated carbocycles. The van der Waals surface area contributed by atoms with Crippen molar-refractivity contribution in [2.45, 2.75) is 71.8 Å². The van der Waals surface area contributed by atoms with Crippen molar-refractivity contribution in [2.75, 3.05) is 13.1 Å². The Morgan fingerprint density at radius 1 is 1.00 bits per heavy atom. The lowest BCUT2D eigenvalue weighted by Gasteiger charge is -2.34. The Kier molecular flexibility index (Phi) is 6.13. The summed E-state index contributed by atoms with van der Waals surface area (Å²) >= 11 is 3.39. The molecule has 164 valence electrons. The maximum Gasteiger partial charge on any atom is 0.429 e. The van der Waals surface area contributed by atoms with Crippen LogP contribution in [0.5, 0.6) is 0 Å². The van der Waals surface area contributed by atoms with Crippen molar-refractivity contribution in [1.29, 1.82) is 0 Å². The fourth-order valence-electron chi connectivity index (χ4n) is 3.38. The van der Waals surface area contributed by atoms with Crippen LogP contribution in [-0.2, 0) is 10.2 Å². The first kappa shape index (κ1) is 22.5. The van der Waals surface area contributed by atoms with E-state index in [0.29, 0.717) is 23.3 Å². The second-order valence-electron chi connectivity index (χ2n) is 9.61. The van der Waals surface area contributed by atoms with E-state index in [4.69, 9.17) is 4.74 Å². The zero-order valence-electron chi connectivity index (χ0n) is 18.5. The van der Waals surface area contributed by atoms with Crippen LogP contribution in [0.1, 0.15) is 77.0 Å². The third-order valence-corrected chi connectivity index (χ3v) is 5.14. The average molecular weight is 480 g/mol. The van der Waals surface area contributed by atoms with Gasteiger partial charge in [0.25, 0.3) is 5.91 Å². The molecule has 1 aliphatic rings. The molecule has 0 bridgehead atoms. The quantitative estimate of drug-likeness (QED) is 0.598. The predicted octanol–water partition coefficient (Wildman–Crippen LogP) is 4.57. The number of rotatable bonds is 1. The van der Waals surface area contributed by atoms with Crippen molar-refractivity contribution >= 4 is 33.6 Å². The molecule has 8 nitrogen and oxygen atoms in total. The van der Waals surface area contributed by atoms with Gasteiger partial charge in [0, 0.05) is 24.6 Å². The zero-order valence-corrected chi connectivity index (χ0v) is 20.1. The van der Waals surface area contributed by atoms with E-state index in [9.17, 15) is 9.59 Å². The van der Waals surface area contributed by atoms with Gasteiger partial charge in [0.2, 0.25) is 0 Å². The van der Waals surface area contributed by atoms with Crippen LogP contribution < -0.4 is 0 Å². The first-order valence-electron chi connectivity index (χ1n) is 10.3. The largest absolute Gasteiger partial charge is 0.442 e. The molecular weight excluding hydrogens is 450 g/mol. The second kappa shape index (κ2) is 8.17. The van der Waals surface area contributed by atoms with Crippen LogP contribution in [0.25, 0.3) is 5.65 Å². The molecule has 0 N–H and O–H groups in total. The lowest BCUT2D eigenvalue weighted by Crippen LogP contribution is -2.51. The van der Waals surface area contributed by atoms with Crippen molar-refractivity contribution in [3.05, 3.63) is 28.1 Å². The molecule has 0 aliphatic carbocycles. The highest BCUT2D eigenvalue weighted by molar-refractivity contribution is 9.10. The van der Waals surface area contributed by atoms with Crippen molar-refractivity contribution in [2.24, 2.45) is 0 Å². The fourth-order valence-corrected chi connectivity index (χ4v) is 3.74. The number of hydrazine groups is 1. The molecule has 3 heterocycles. The molecule has 0 aromatic carbocycles. The molecule has 0 radical (unpaired) electrons. The summed E-state index contributed by atoms with van der Waals surface area (Å²) in [5.74, 6) is -0.312. The van der Waals surface area contributed by atoms with Crippen LogP contribution in [0.3, 0.4) is 0 Å². The Morgan fingerprint density at radius 2 is 1.63 bits per heavy atom. The summed E-state index contributed by atoms with van der Waals surface area (Å²) in [7, 11) is 0. The second-order valence-corrected chi connectivity index (χ2v) is 10.4. The Morgan fingerprint density at radius 3 is 2.23 bits per heavy atom. The maximum atomic E-state index is 13.5. The van der Waals surface area contributed by atoms with Gasteiger partial charge in [0.15, 0.2) is 5.65 Å². The summed E-state index contributed by atoms with van der Waals surface area (Å²) in [6.07, 6.45) is 2.07. The standard InChI is InChI=1S/C21H30BrN5O3/c1-20(2,3)15-12-14(23-17-13-16(22)24-27(15)17)18(28)25-10-8-7-9-11-26(25)19(29)30-21(4,5)6/h12-13H,7-11H2,1-6H3. The monoisotopic (exact) mass is 479 g/mol. The van der Waals surface area contributed by atoms with Gasteiger partial charge < -0.3 is 4.74 Å². The number of fused-ring (bicyclic) bond motifs is 1. The van der Waals surface area contributed by atoms with E-state index in [2.05, 4.69) is 46.8 Å². The molecule has 9 heteroatoms. The van der Waals surface area contributed by atoms with Gasteiger partial charge in [0.05, 0.1) is 5.69 Å². The number of carbonyl (C=O) groups is 2. The van der Waals surface area contributed by atoms with Crippen LogP contribution >= 0.6 is 15.9 Å². The minimum atomic E-state index is -0.640. The molecule has 2 aromatic rings. The van der Waals surface area contributed by atoms with Crippen LogP contribution in [-0.4, -0.2) is 55.3 Å². The topological polar surface area (TPSA) is 80.0 Å². The SMILES string of the molecule is CC(C)(C)OC(=O)N1CCCCCN1C(=O)c1cc(C(C)(C)C)n2nc(Br)cc2n1. The number of halogens is 1. The number of carbonyl (C=O) groups excluding carboxylic acids is 2. The Balaban J connectivity index is 2.02. The molecule has 0 atom stereocenters. The zero-order chi connectivity index (χ0) is 22.3. The number of hydrogen-bond acceptors (Lipinski definition) is 5. The lowest BCUT2D eigenvalue weighted by atomic mass is 9.91. The van der Waals surface area contributed by atoms with Crippen molar-refractivity contribution < 1.29 is 14.3 Å². The highest BCUT2D eigenvalue weighted by Gasteiger charge is 2.33. The molecule has 1 aliphatic heterocycles. The summed E-state index contributed by atoms with van der Waals surface area (Å²) in [4.78, 5) is 30.9. The Labute approximate surface area is 185 Å². The average Bonchev–Trinajstić information content (AvgIpc) is 2.82. The van der Waals surface area contributed by atoms with Gasteiger partial charge in [-0.3, -0.25) is 4.79 Å². The van der Waals surface area contributed by atoms with Crippen molar-refractivity contribution in [1.82, 2.24) is 24.6 Å². The molecule has 3 rings (SSSR count). The van der Waals surface area contributed by atoms with E-state index in [1.807, 2.05) is 20.8 Å². The van der Waals surface area contributed by atoms with Crippen LogP contribution in [0, 0.1) is 0 Å². The number of amides is 2. The molecule has 0 unspecified atom stereocenters. The summed E-state index contributed by atoms with van der Waals surface area (Å²) in [6, 6.07) is 3.55. The summed E-state index contributed by atoms with van der Waals surface area (Å²) in [5, 5.41) is 7.36. The van der Waals surface area contributed by atoms with Crippen molar-refractivity contribution in [3.8, 4) is 0 Å². The molecule has 0 spiro atoms. The Hall–Kier alpha value is -2.16. The molecule has 1 fully saturated rings. The fraction of sp³-hybridized carbons (Fsp3) is 0.619. The van der Waals surface area contributed by atoms with Crippen LogP contribution in [0.2, 0.25) is 0 Å². The van der Waals surface area contributed by atoms with Gasteiger partial charge in [-0.05, 0) is 62.0 Å². The summed E-state index contributed by atoms with van der Waals surface area (Å²) in [6.45, 7) is 12.5. The summed E-state index contributed by atoms with van der Waals surface area (Å²) in [5.41, 5.74) is 0.830. The van der Waals surface area contributed by atoms with E-state index in [-0.39, 0.29) is 17.0 Å².